The van der Waals surface area contributed by atoms with Gasteiger partial charge in [-0.2, -0.15) is 0 Å². The molecule has 15 heavy (non-hydrogen) atoms. The van der Waals surface area contributed by atoms with Crippen LogP contribution in [-0.2, 0) is 13.1 Å². The zero-order valence-electron chi connectivity index (χ0n) is 7.80. The molecule has 0 unspecified atom stereocenters. The number of halogens is 1. The molecule has 0 saturated heterocycles. The third-order valence-corrected chi connectivity index (χ3v) is 3.60. The van der Waals surface area contributed by atoms with E-state index >= 15 is 0 Å². The first-order valence-corrected chi connectivity index (χ1v) is 5.81. The van der Waals surface area contributed by atoms with Crippen LogP contribution in [0.3, 0.4) is 0 Å². The molecule has 5 nitrogen and oxygen atoms in total. The molecule has 0 saturated carbocycles. The lowest BCUT2D eigenvalue weighted by Gasteiger charge is -2.26. The van der Waals surface area contributed by atoms with E-state index < -0.39 is 0 Å². The van der Waals surface area contributed by atoms with E-state index in [1.807, 2.05) is 5.38 Å². The quantitative estimate of drug-likeness (QED) is 0.758. The maximum absolute atomic E-state index is 5.80. The Hall–Kier alpha value is -1.14. The van der Waals surface area contributed by atoms with Crippen molar-refractivity contribution in [1.29, 1.82) is 0 Å². The van der Waals surface area contributed by atoms with E-state index in [0.717, 1.165) is 30.6 Å². The molecular weight excluding hydrogens is 234 g/mol. The fraction of sp³-hybridized carbons (Fsp3) is 0.375. The normalized spacial score (nSPS) is 15.4. The second-order valence-corrected chi connectivity index (χ2v) is 4.54. The largest absolute Gasteiger partial charge is 0.339 e. The summed E-state index contributed by atoms with van der Waals surface area (Å²) in [6, 6.07) is 0. The molecule has 1 aliphatic rings. The first kappa shape index (κ1) is 9.11. The molecule has 0 aliphatic carbocycles. The number of hydrogen-bond donors (Lipinski definition) is 0. The Bertz CT molecular complexity index is 479. The third-order valence-electron chi connectivity index (χ3n) is 2.37. The van der Waals surface area contributed by atoms with Crippen molar-refractivity contribution in [3.8, 4) is 0 Å². The number of anilines is 1. The third kappa shape index (κ3) is 1.59. The Morgan fingerprint density at radius 2 is 2.33 bits per heavy atom. The highest BCUT2D eigenvalue weighted by Crippen LogP contribution is 2.25. The fourth-order valence-electron chi connectivity index (χ4n) is 1.62. The van der Waals surface area contributed by atoms with Crippen LogP contribution in [0.25, 0.3) is 0 Å². The topological polar surface area (TPSA) is 46.8 Å². The number of aromatic nitrogens is 4. The van der Waals surface area contributed by atoms with E-state index in [1.54, 1.807) is 17.7 Å². The summed E-state index contributed by atoms with van der Waals surface area (Å²) in [5.74, 6) is 0.979. The minimum Gasteiger partial charge on any atom is -0.339 e. The molecule has 0 amide bonds. The number of rotatable bonds is 1. The first-order valence-electron chi connectivity index (χ1n) is 4.55. The van der Waals surface area contributed by atoms with Gasteiger partial charge in [-0.25, -0.2) is 4.98 Å². The molecule has 1 aliphatic heterocycles. The fourth-order valence-corrected chi connectivity index (χ4v) is 2.60. The molecule has 3 rings (SSSR count). The van der Waals surface area contributed by atoms with Crippen LogP contribution >= 0.6 is 22.9 Å². The van der Waals surface area contributed by atoms with E-state index in [2.05, 4.69) is 24.6 Å². The monoisotopic (exact) mass is 241 g/mol. The smallest absolute Gasteiger partial charge is 0.187 e. The summed E-state index contributed by atoms with van der Waals surface area (Å²) in [6.07, 6.45) is 1.77. The minimum atomic E-state index is 0.557. The van der Waals surface area contributed by atoms with Crippen molar-refractivity contribution in [2.24, 2.45) is 0 Å². The van der Waals surface area contributed by atoms with Gasteiger partial charge in [0.2, 0.25) is 0 Å². The number of hydrogen-bond acceptors (Lipinski definition) is 5. The van der Waals surface area contributed by atoms with Crippen LogP contribution in [-0.4, -0.2) is 26.3 Å². The zero-order valence-corrected chi connectivity index (χ0v) is 9.37. The summed E-state index contributed by atoms with van der Waals surface area (Å²) >= 11 is 7.36. The molecule has 0 spiro atoms. The maximum Gasteiger partial charge on any atom is 0.187 e. The highest BCUT2D eigenvalue weighted by atomic mass is 35.5. The summed E-state index contributed by atoms with van der Waals surface area (Å²) in [6.45, 7) is 2.58. The molecule has 0 aromatic carbocycles. The minimum absolute atomic E-state index is 0.557. The summed E-state index contributed by atoms with van der Waals surface area (Å²) in [4.78, 5) is 6.41. The standard InChI is InChI=1S/C8H8ClN5S/c9-6-4-15-8(11-6)13-1-2-14-5-10-12-7(14)3-13/h4-5H,1-3H2. The van der Waals surface area contributed by atoms with Gasteiger partial charge in [0.1, 0.15) is 11.5 Å². The second-order valence-electron chi connectivity index (χ2n) is 3.31. The maximum atomic E-state index is 5.80. The van der Waals surface area contributed by atoms with Crippen LogP contribution in [0.15, 0.2) is 11.7 Å². The average Bonchev–Trinajstić information content (AvgIpc) is 2.84. The van der Waals surface area contributed by atoms with Crippen LogP contribution in [0.1, 0.15) is 5.82 Å². The molecule has 0 fully saturated rings. The van der Waals surface area contributed by atoms with Crippen LogP contribution in [0.2, 0.25) is 5.15 Å². The van der Waals surface area contributed by atoms with Gasteiger partial charge < -0.3 is 9.47 Å². The molecular formula is C8H8ClN5S. The van der Waals surface area contributed by atoms with Gasteiger partial charge in [0.15, 0.2) is 11.0 Å². The highest BCUT2D eigenvalue weighted by Gasteiger charge is 2.19. The van der Waals surface area contributed by atoms with Gasteiger partial charge >= 0.3 is 0 Å². The zero-order chi connectivity index (χ0) is 10.3. The van der Waals surface area contributed by atoms with Crippen molar-refractivity contribution >= 4 is 28.1 Å². The molecule has 78 valence electrons. The summed E-state index contributed by atoms with van der Waals surface area (Å²) < 4.78 is 2.06. The summed E-state index contributed by atoms with van der Waals surface area (Å²) in [5.41, 5.74) is 0. The Kier molecular flexibility index (Phi) is 2.10. The van der Waals surface area contributed by atoms with Gasteiger partial charge in [-0.05, 0) is 0 Å². The lowest BCUT2D eigenvalue weighted by Crippen LogP contribution is -2.33. The Labute approximate surface area is 95.3 Å². The second kappa shape index (κ2) is 3.46. The number of thiazole rings is 1. The van der Waals surface area contributed by atoms with Gasteiger partial charge in [-0.15, -0.1) is 21.5 Å². The molecule has 2 aromatic heterocycles. The predicted molar refractivity (Wildman–Crippen MR) is 58.2 cm³/mol. The lowest BCUT2D eigenvalue weighted by atomic mass is 10.4. The van der Waals surface area contributed by atoms with Gasteiger partial charge in [-0.3, -0.25) is 0 Å². The Morgan fingerprint density at radius 1 is 1.40 bits per heavy atom. The van der Waals surface area contributed by atoms with Gasteiger partial charge in [0.25, 0.3) is 0 Å². The van der Waals surface area contributed by atoms with Crippen molar-refractivity contribution in [2.45, 2.75) is 13.1 Å². The Morgan fingerprint density at radius 3 is 3.13 bits per heavy atom. The highest BCUT2D eigenvalue weighted by molar-refractivity contribution is 7.14. The average molecular weight is 242 g/mol. The lowest BCUT2D eigenvalue weighted by molar-refractivity contribution is 0.559. The summed E-state index contributed by atoms with van der Waals surface area (Å²) in [7, 11) is 0. The van der Waals surface area contributed by atoms with Crippen LogP contribution in [0.4, 0.5) is 5.13 Å². The number of fused-ring (bicyclic) bond motifs is 1. The van der Waals surface area contributed by atoms with Crippen LogP contribution in [0, 0.1) is 0 Å². The van der Waals surface area contributed by atoms with Crippen molar-refractivity contribution < 1.29 is 0 Å². The van der Waals surface area contributed by atoms with Crippen molar-refractivity contribution in [1.82, 2.24) is 19.7 Å². The molecule has 3 heterocycles. The molecule has 2 aromatic rings. The SMILES string of the molecule is Clc1csc(N2CCn3cnnc3C2)n1. The Balaban J connectivity index is 1.87. The molecule has 0 N–H and O–H groups in total. The van der Waals surface area contributed by atoms with Crippen molar-refractivity contribution in [2.75, 3.05) is 11.4 Å². The van der Waals surface area contributed by atoms with Crippen molar-refractivity contribution in [3.05, 3.63) is 22.7 Å². The van der Waals surface area contributed by atoms with Gasteiger partial charge in [-0.1, -0.05) is 11.6 Å². The van der Waals surface area contributed by atoms with Crippen molar-refractivity contribution in [3.63, 3.8) is 0 Å². The molecule has 7 heteroatoms. The van der Waals surface area contributed by atoms with E-state index in [0.29, 0.717) is 5.15 Å². The van der Waals surface area contributed by atoms with Crippen LogP contribution < -0.4 is 4.90 Å². The van der Waals surface area contributed by atoms with E-state index in [9.17, 15) is 0 Å². The molecule has 0 atom stereocenters. The number of nitrogens with zero attached hydrogens (tertiary/aromatic N) is 5. The van der Waals surface area contributed by atoms with E-state index in [-0.39, 0.29) is 0 Å². The van der Waals surface area contributed by atoms with E-state index in [4.69, 9.17) is 11.6 Å². The molecule has 0 bridgehead atoms. The molecule has 0 radical (unpaired) electrons. The van der Waals surface area contributed by atoms with Crippen LogP contribution in [0.5, 0.6) is 0 Å². The first-order chi connectivity index (χ1) is 7.33. The predicted octanol–water partition coefficient (Wildman–Crippen LogP) is 1.41. The summed E-state index contributed by atoms with van der Waals surface area (Å²) in [5, 5.41) is 11.3. The van der Waals surface area contributed by atoms with Gasteiger partial charge in [0.05, 0.1) is 6.54 Å². The van der Waals surface area contributed by atoms with E-state index in [1.165, 1.54) is 0 Å². The van der Waals surface area contributed by atoms with Gasteiger partial charge in [0, 0.05) is 18.5 Å².